The van der Waals surface area contributed by atoms with Gasteiger partial charge in [-0.3, -0.25) is 9.69 Å². The molecule has 0 aromatic heterocycles. The summed E-state index contributed by atoms with van der Waals surface area (Å²) in [6.07, 6.45) is 0.929. The normalized spacial score (nSPS) is 14.8. The molecule has 0 radical (unpaired) electrons. The average Bonchev–Trinajstić information content (AvgIpc) is 2.68. The molecule has 1 fully saturated rings. The van der Waals surface area contributed by atoms with Crippen molar-refractivity contribution in [1.82, 2.24) is 20.4 Å². The van der Waals surface area contributed by atoms with Gasteiger partial charge in [0.05, 0.1) is 6.54 Å². The zero-order valence-corrected chi connectivity index (χ0v) is 16.7. The van der Waals surface area contributed by atoms with E-state index in [4.69, 9.17) is 0 Å². The first-order chi connectivity index (χ1) is 13.1. The van der Waals surface area contributed by atoms with Gasteiger partial charge in [-0.15, -0.1) is 0 Å². The first-order valence-electron chi connectivity index (χ1n) is 9.43. The van der Waals surface area contributed by atoms with E-state index >= 15 is 0 Å². The molecule has 150 valence electrons. The van der Waals surface area contributed by atoms with Gasteiger partial charge in [-0.05, 0) is 18.1 Å². The molecule has 1 aliphatic rings. The quantitative estimate of drug-likeness (QED) is 0.626. The lowest BCUT2D eigenvalue weighted by atomic mass is 10.2. The fourth-order valence-electron chi connectivity index (χ4n) is 2.77. The topological polar surface area (TPSA) is 64.7 Å². The highest BCUT2D eigenvalue weighted by Gasteiger charge is 2.21. The largest absolute Gasteiger partial charge is 0.355 e. The summed E-state index contributed by atoms with van der Waals surface area (Å²) in [6.45, 7) is 6.32. The Morgan fingerprint density at radius 3 is 2.56 bits per heavy atom. The van der Waals surface area contributed by atoms with Gasteiger partial charge in [0.25, 0.3) is 0 Å². The molecule has 0 unspecified atom stereocenters. The van der Waals surface area contributed by atoms with Crippen LogP contribution >= 0.6 is 11.8 Å². The molecule has 1 heterocycles. The highest BCUT2D eigenvalue weighted by molar-refractivity contribution is 7.98. The Labute approximate surface area is 164 Å². The van der Waals surface area contributed by atoms with E-state index < -0.39 is 0 Å². The van der Waals surface area contributed by atoms with Gasteiger partial charge in [0.1, 0.15) is 5.82 Å². The van der Waals surface area contributed by atoms with Crippen LogP contribution in [0.1, 0.15) is 18.9 Å². The Balaban J connectivity index is 1.57. The summed E-state index contributed by atoms with van der Waals surface area (Å²) >= 11 is 1.60. The van der Waals surface area contributed by atoms with Crippen molar-refractivity contribution in [3.63, 3.8) is 0 Å². The predicted molar refractivity (Wildman–Crippen MR) is 107 cm³/mol. The third-order valence-corrected chi connectivity index (χ3v) is 5.34. The van der Waals surface area contributed by atoms with Gasteiger partial charge < -0.3 is 15.5 Å². The summed E-state index contributed by atoms with van der Waals surface area (Å²) < 4.78 is 13.5. The maximum Gasteiger partial charge on any atom is 0.317 e. The number of nitrogens with zero attached hydrogens (tertiary/aromatic N) is 2. The number of piperazine rings is 1. The highest BCUT2D eigenvalue weighted by Crippen LogP contribution is 2.14. The zero-order chi connectivity index (χ0) is 19.5. The van der Waals surface area contributed by atoms with Crippen molar-refractivity contribution in [1.29, 1.82) is 0 Å². The van der Waals surface area contributed by atoms with Crippen LogP contribution in [-0.2, 0) is 10.5 Å². The third-order valence-electron chi connectivity index (χ3n) is 4.34. The van der Waals surface area contributed by atoms with Crippen molar-refractivity contribution in [2.75, 3.05) is 51.6 Å². The number of hydrogen-bond acceptors (Lipinski definition) is 4. The minimum atomic E-state index is -0.185. The Bertz CT molecular complexity index is 609. The van der Waals surface area contributed by atoms with Crippen LogP contribution in [0.3, 0.4) is 0 Å². The summed E-state index contributed by atoms with van der Waals surface area (Å²) in [7, 11) is 0. The number of nitrogens with one attached hydrogen (secondary N) is 2. The van der Waals surface area contributed by atoms with Gasteiger partial charge in [0.15, 0.2) is 0 Å². The minimum Gasteiger partial charge on any atom is -0.355 e. The summed E-state index contributed by atoms with van der Waals surface area (Å²) in [6, 6.07) is 6.68. The molecule has 0 saturated carbocycles. The Hall–Kier alpha value is -1.80. The average molecular weight is 397 g/mol. The van der Waals surface area contributed by atoms with Gasteiger partial charge in [-0.2, -0.15) is 11.8 Å². The van der Waals surface area contributed by atoms with E-state index in [1.165, 1.54) is 6.07 Å². The maximum atomic E-state index is 13.5. The molecule has 0 spiro atoms. The fourth-order valence-corrected chi connectivity index (χ4v) is 3.62. The molecule has 1 aromatic carbocycles. The van der Waals surface area contributed by atoms with Crippen molar-refractivity contribution in [3.05, 3.63) is 35.6 Å². The van der Waals surface area contributed by atoms with Gasteiger partial charge in [-0.1, -0.05) is 25.1 Å². The molecule has 27 heavy (non-hydrogen) atoms. The molecule has 0 aliphatic carbocycles. The number of halogens is 1. The summed E-state index contributed by atoms with van der Waals surface area (Å²) in [5.41, 5.74) is 0.688. The van der Waals surface area contributed by atoms with E-state index in [2.05, 4.69) is 15.5 Å². The molecule has 1 aromatic rings. The van der Waals surface area contributed by atoms with Crippen molar-refractivity contribution in [3.8, 4) is 0 Å². The molecule has 2 rings (SSSR count). The number of hydrogen-bond donors (Lipinski definition) is 2. The van der Waals surface area contributed by atoms with Crippen LogP contribution in [0.2, 0.25) is 0 Å². The first-order valence-corrected chi connectivity index (χ1v) is 10.6. The minimum absolute atomic E-state index is 0.0432. The van der Waals surface area contributed by atoms with Crippen LogP contribution in [0.15, 0.2) is 24.3 Å². The maximum absolute atomic E-state index is 13.5. The molecule has 6 nitrogen and oxygen atoms in total. The van der Waals surface area contributed by atoms with Crippen molar-refractivity contribution in [2.45, 2.75) is 19.1 Å². The Morgan fingerprint density at radius 2 is 1.85 bits per heavy atom. The van der Waals surface area contributed by atoms with Crippen LogP contribution in [0, 0.1) is 5.82 Å². The van der Waals surface area contributed by atoms with Crippen LogP contribution in [-0.4, -0.2) is 73.3 Å². The number of carbonyl (C=O) groups excluding carboxylic acids is 2. The molecule has 3 amide bonds. The molecule has 1 saturated heterocycles. The highest BCUT2D eigenvalue weighted by atomic mass is 32.2. The van der Waals surface area contributed by atoms with E-state index in [0.29, 0.717) is 57.1 Å². The smallest absolute Gasteiger partial charge is 0.317 e. The predicted octanol–water partition coefficient (Wildman–Crippen LogP) is 1.91. The van der Waals surface area contributed by atoms with Crippen molar-refractivity contribution >= 4 is 23.7 Å². The lowest BCUT2D eigenvalue weighted by Crippen LogP contribution is -2.53. The molecule has 8 heteroatoms. The zero-order valence-electron chi connectivity index (χ0n) is 15.9. The van der Waals surface area contributed by atoms with Crippen LogP contribution < -0.4 is 10.6 Å². The van der Waals surface area contributed by atoms with Crippen LogP contribution in [0.5, 0.6) is 0 Å². The van der Waals surface area contributed by atoms with E-state index in [-0.39, 0.29) is 17.8 Å². The summed E-state index contributed by atoms with van der Waals surface area (Å²) in [5, 5.41) is 5.78. The van der Waals surface area contributed by atoms with Crippen molar-refractivity contribution < 1.29 is 14.0 Å². The van der Waals surface area contributed by atoms with Crippen molar-refractivity contribution in [2.24, 2.45) is 0 Å². The number of carbonyl (C=O) groups is 2. The number of amides is 3. The molecule has 2 N–H and O–H groups in total. The second-order valence-corrected chi connectivity index (χ2v) is 7.59. The summed E-state index contributed by atoms with van der Waals surface area (Å²) in [4.78, 5) is 27.8. The number of thioether (sulfide) groups is 1. The van der Waals surface area contributed by atoms with E-state index in [1.807, 2.05) is 13.0 Å². The number of rotatable bonds is 9. The molecule has 1 aliphatic heterocycles. The molecule has 0 atom stereocenters. The van der Waals surface area contributed by atoms with Gasteiger partial charge in [0.2, 0.25) is 5.91 Å². The Morgan fingerprint density at radius 1 is 1.11 bits per heavy atom. The first kappa shape index (κ1) is 21.5. The molecular weight excluding hydrogens is 367 g/mol. The monoisotopic (exact) mass is 396 g/mol. The Kier molecular flexibility index (Phi) is 9.41. The number of urea groups is 1. The van der Waals surface area contributed by atoms with Gasteiger partial charge in [-0.25, -0.2) is 9.18 Å². The van der Waals surface area contributed by atoms with E-state index in [9.17, 15) is 14.0 Å². The summed E-state index contributed by atoms with van der Waals surface area (Å²) in [5.74, 6) is 1.19. The third kappa shape index (κ3) is 7.76. The second kappa shape index (κ2) is 11.8. The number of benzene rings is 1. The van der Waals surface area contributed by atoms with E-state index in [1.54, 1.807) is 28.8 Å². The molecular formula is C19H29FN4O2S. The SMILES string of the molecule is CCCNC(=O)CN1CCN(C(=O)NCCSCc2ccccc2F)CC1. The van der Waals surface area contributed by atoms with Crippen LogP contribution in [0.4, 0.5) is 9.18 Å². The lowest BCUT2D eigenvalue weighted by Gasteiger charge is -2.34. The van der Waals surface area contributed by atoms with Gasteiger partial charge in [0, 0.05) is 50.8 Å². The second-order valence-electron chi connectivity index (χ2n) is 6.49. The lowest BCUT2D eigenvalue weighted by molar-refractivity contribution is -0.122. The van der Waals surface area contributed by atoms with E-state index in [0.717, 1.165) is 12.2 Å². The van der Waals surface area contributed by atoms with Crippen LogP contribution in [0.25, 0.3) is 0 Å². The standard InChI is InChI=1S/C19H29FN4O2S/c1-2-7-21-18(25)14-23-9-11-24(12-10-23)19(26)22-8-13-27-15-16-5-3-4-6-17(16)20/h3-6H,2,7-15H2,1H3,(H,21,25)(H,22,26). The molecule has 0 bridgehead atoms. The fraction of sp³-hybridized carbons (Fsp3) is 0.579. The van der Waals surface area contributed by atoms with Gasteiger partial charge >= 0.3 is 6.03 Å².